The van der Waals surface area contributed by atoms with Crippen LogP contribution in [0.5, 0.6) is 0 Å². The number of hydrogen-bond donors (Lipinski definition) is 2. The number of nitrogens with zero attached hydrogens (tertiary/aromatic N) is 4. The molecule has 0 saturated heterocycles. The number of carbonyl (C=O) groups excluding carboxylic acids is 1. The van der Waals surface area contributed by atoms with E-state index in [4.69, 9.17) is 16.7 Å². The molecule has 0 aliphatic carbocycles. The van der Waals surface area contributed by atoms with Crippen LogP contribution in [0.4, 0.5) is 0 Å². The van der Waals surface area contributed by atoms with Crippen LogP contribution in [0, 0.1) is 13.8 Å². The van der Waals surface area contributed by atoms with E-state index in [0.29, 0.717) is 24.5 Å². The van der Waals surface area contributed by atoms with Gasteiger partial charge in [-0.05, 0) is 20.3 Å². The fraction of sp³-hybridized carbons (Fsp3) is 0.429. The third-order valence-electron chi connectivity index (χ3n) is 3.51. The number of aromatic carboxylic acids is 1. The number of halogens is 1. The largest absolute Gasteiger partial charge is 0.478 e. The van der Waals surface area contributed by atoms with Crippen LogP contribution < -0.4 is 5.32 Å². The van der Waals surface area contributed by atoms with Gasteiger partial charge >= 0.3 is 5.97 Å². The van der Waals surface area contributed by atoms with Gasteiger partial charge in [-0.2, -0.15) is 10.2 Å². The topological polar surface area (TPSA) is 102 Å². The van der Waals surface area contributed by atoms with E-state index >= 15 is 0 Å². The predicted molar refractivity (Wildman–Crippen MR) is 83.8 cm³/mol. The molecule has 2 heterocycles. The molecule has 2 aromatic rings. The molecule has 0 bridgehead atoms. The molecule has 2 aromatic heterocycles. The Morgan fingerprint density at radius 2 is 2.09 bits per heavy atom. The van der Waals surface area contributed by atoms with Gasteiger partial charge < -0.3 is 10.4 Å². The molecule has 0 aliphatic heterocycles. The molecule has 8 nitrogen and oxygen atoms in total. The molecule has 9 heteroatoms. The van der Waals surface area contributed by atoms with Crippen LogP contribution in [0.1, 0.15) is 38.7 Å². The van der Waals surface area contributed by atoms with Gasteiger partial charge in [0.2, 0.25) is 0 Å². The Morgan fingerprint density at radius 3 is 2.65 bits per heavy atom. The van der Waals surface area contributed by atoms with E-state index in [1.807, 2.05) is 13.8 Å². The van der Waals surface area contributed by atoms with Crippen molar-refractivity contribution in [2.75, 3.05) is 6.54 Å². The fourth-order valence-corrected chi connectivity index (χ4v) is 2.41. The number of aromatic nitrogens is 4. The summed E-state index contributed by atoms with van der Waals surface area (Å²) in [7, 11) is 1.53. The predicted octanol–water partition coefficient (Wildman–Crippen LogP) is 1.41. The number of nitrogens with one attached hydrogen (secondary N) is 1. The molecule has 23 heavy (non-hydrogen) atoms. The quantitative estimate of drug-likeness (QED) is 0.775. The molecular weight excluding hydrogens is 322 g/mol. The maximum Gasteiger partial charge on any atom is 0.339 e. The van der Waals surface area contributed by atoms with Gasteiger partial charge in [-0.3, -0.25) is 14.2 Å². The monoisotopic (exact) mass is 339 g/mol. The maximum atomic E-state index is 12.1. The van der Waals surface area contributed by atoms with Crippen LogP contribution in [0.25, 0.3) is 0 Å². The summed E-state index contributed by atoms with van der Waals surface area (Å²) in [6.07, 6.45) is 1.80. The Kier molecular flexibility index (Phi) is 5.05. The van der Waals surface area contributed by atoms with Crippen LogP contribution in [0.15, 0.2) is 6.20 Å². The molecule has 0 aromatic carbocycles. The summed E-state index contributed by atoms with van der Waals surface area (Å²) in [5.74, 6) is -1.64. The highest BCUT2D eigenvalue weighted by atomic mass is 35.5. The summed E-state index contributed by atoms with van der Waals surface area (Å²) in [5, 5.41) is 20.5. The normalized spacial score (nSPS) is 10.8. The van der Waals surface area contributed by atoms with Crippen molar-refractivity contribution >= 4 is 23.5 Å². The second-order valence-corrected chi connectivity index (χ2v) is 5.53. The Morgan fingerprint density at radius 1 is 1.39 bits per heavy atom. The van der Waals surface area contributed by atoms with Crippen LogP contribution in [0.3, 0.4) is 0 Å². The minimum absolute atomic E-state index is 0.0339. The highest BCUT2D eigenvalue weighted by Crippen LogP contribution is 2.18. The van der Waals surface area contributed by atoms with Crippen LogP contribution in [0.2, 0.25) is 5.02 Å². The van der Waals surface area contributed by atoms with Crippen molar-refractivity contribution in [2.24, 2.45) is 7.05 Å². The van der Waals surface area contributed by atoms with E-state index < -0.39 is 11.9 Å². The van der Waals surface area contributed by atoms with Gasteiger partial charge in [-0.15, -0.1) is 0 Å². The number of aryl methyl sites for hydroxylation is 3. The summed E-state index contributed by atoms with van der Waals surface area (Å²) in [6.45, 7) is 4.72. The van der Waals surface area contributed by atoms with Gasteiger partial charge in [0, 0.05) is 20.1 Å². The first-order chi connectivity index (χ1) is 10.8. The maximum absolute atomic E-state index is 12.1. The molecule has 2 rings (SSSR count). The molecule has 0 unspecified atom stereocenters. The van der Waals surface area contributed by atoms with Crippen molar-refractivity contribution in [2.45, 2.75) is 26.8 Å². The van der Waals surface area contributed by atoms with Gasteiger partial charge in [-0.25, -0.2) is 4.79 Å². The molecule has 0 saturated carbocycles. The molecule has 124 valence electrons. The van der Waals surface area contributed by atoms with Crippen LogP contribution >= 0.6 is 11.6 Å². The Labute approximate surface area is 138 Å². The number of amides is 1. The number of carbonyl (C=O) groups is 2. The highest BCUT2D eigenvalue weighted by Gasteiger charge is 2.21. The van der Waals surface area contributed by atoms with E-state index in [1.54, 1.807) is 4.68 Å². The van der Waals surface area contributed by atoms with Crippen molar-refractivity contribution in [3.05, 3.63) is 33.9 Å². The molecular formula is C14H18ClN5O3. The summed E-state index contributed by atoms with van der Waals surface area (Å²) < 4.78 is 3.04. The number of carboxylic acid groups (broad SMARTS) is 1. The lowest BCUT2D eigenvalue weighted by Gasteiger charge is -2.07. The lowest BCUT2D eigenvalue weighted by molar-refractivity contribution is 0.0690. The number of hydrogen-bond acceptors (Lipinski definition) is 4. The van der Waals surface area contributed by atoms with E-state index in [0.717, 1.165) is 17.6 Å². The lowest BCUT2D eigenvalue weighted by atomic mass is 10.2. The zero-order valence-electron chi connectivity index (χ0n) is 13.1. The SMILES string of the molecule is Cc1nn(CCCNC(=O)c2c(C(=O)O)cnn2C)c(C)c1Cl. The smallest absolute Gasteiger partial charge is 0.339 e. The highest BCUT2D eigenvalue weighted by molar-refractivity contribution is 6.31. The number of rotatable bonds is 6. The third-order valence-corrected chi connectivity index (χ3v) is 4.06. The second-order valence-electron chi connectivity index (χ2n) is 5.15. The van der Waals surface area contributed by atoms with Crippen LogP contribution in [-0.2, 0) is 13.6 Å². The zero-order valence-corrected chi connectivity index (χ0v) is 13.9. The zero-order chi connectivity index (χ0) is 17.1. The summed E-state index contributed by atoms with van der Waals surface area (Å²) in [4.78, 5) is 23.2. The van der Waals surface area contributed by atoms with Gasteiger partial charge in [0.05, 0.1) is 22.6 Å². The average molecular weight is 340 g/mol. The van der Waals surface area contributed by atoms with Crippen molar-refractivity contribution in [3.8, 4) is 0 Å². The molecule has 1 amide bonds. The second kappa shape index (κ2) is 6.82. The summed E-state index contributed by atoms with van der Waals surface area (Å²) in [6, 6.07) is 0. The minimum Gasteiger partial charge on any atom is -0.478 e. The first-order valence-corrected chi connectivity index (χ1v) is 7.43. The Hall–Kier alpha value is -2.35. The first-order valence-electron chi connectivity index (χ1n) is 7.06. The molecule has 0 atom stereocenters. The molecule has 0 aliphatic rings. The average Bonchev–Trinajstić information content (AvgIpc) is 2.99. The van der Waals surface area contributed by atoms with E-state index in [9.17, 15) is 9.59 Å². The van der Waals surface area contributed by atoms with E-state index in [-0.39, 0.29) is 11.3 Å². The molecule has 0 fully saturated rings. The first kappa shape index (κ1) is 17.0. The molecule has 2 N–H and O–H groups in total. The van der Waals surface area contributed by atoms with Gasteiger partial charge in [0.15, 0.2) is 0 Å². The van der Waals surface area contributed by atoms with E-state index in [1.165, 1.54) is 11.7 Å². The van der Waals surface area contributed by atoms with Gasteiger partial charge in [0.25, 0.3) is 5.91 Å². The third kappa shape index (κ3) is 3.53. The summed E-state index contributed by atoms with van der Waals surface area (Å²) in [5.41, 5.74) is 1.58. The summed E-state index contributed by atoms with van der Waals surface area (Å²) >= 11 is 6.08. The standard InChI is InChI=1S/C14H18ClN5O3/c1-8-11(15)9(2)20(18-8)6-4-5-16-13(21)12-10(14(22)23)7-17-19(12)3/h7H,4-6H2,1-3H3,(H,16,21)(H,22,23). The van der Waals surface area contributed by atoms with Gasteiger partial charge in [-0.1, -0.05) is 11.6 Å². The minimum atomic E-state index is -1.18. The Bertz CT molecular complexity index is 750. The van der Waals surface area contributed by atoms with Crippen molar-refractivity contribution in [1.29, 1.82) is 0 Å². The van der Waals surface area contributed by atoms with Crippen molar-refractivity contribution in [1.82, 2.24) is 24.9 Å². The lowest BCUT2D eigenvalue weighted by Crippen LogP contribution is -2.29. The fourth-order valence-electron chi connectivity index (χ4n) is 2.27. The van der Waals surface area contributed by atoms with Crippen LogP contribution in [-0.4, -0.2) is 43.1 Å². The van der Waals surface area contributed by atoms with E-state index in [2.05, 4.69) is 15.5 Å². The number of carboxylic acids is 1. The van der Waals surface area contributed by atoms with Gasteiger partial charge in [0.1, 0.15) is 11.3 Å². The molecule has 0 spiro atoms. The molecule has 0 radical (unpaired) electrons. The van der Waals surface area contributed by atoms with Crippen molar-refractivity contribution in [3.63, 3.8) is 0 Å². The Balaban J connectivity index is 1.92. The van der Waals surface area contributed by atoms with Crippen molar-refractivity contribution < 1.29 is 14.7 Å².